The van der Waals surface area contributed by atoms with Gasteiger partial charge in [0.05, 0.1) is 4.90 Å². The number of carbonyl (C=O) groups excluding carboxylic acids is 1. The number of hydrogen-bond donors (Lipinski definition) is 1. The van der Waals surface area contributed by atoms with Gasteiger partial charge in [0.15, 0.2) is 11.5 Å². The van der Waals surface area contributed by atoms with E-state index in [1.807, 2.05) is 0 Å². The molecule has 4 rings (SSSR count). The van der Waals surface area contributed by atoms with Gasteiger partial charge in [0, 0.05) is 30.4 Å². The Morgan fingerprint density at radius 1 is 1.07 bits per heavy atom. The molecule has 29 heavy (non-hydrogen) atoms. The van der Waals surface area contributed by atoms with E-state index in [1.165, 1.54) is 10.4 Å². The number of benzene rings is 2. The van der Waals surface area contributed by atoms with Crippen molar-refractivity contribution in [3.8, 4) is 11.5 Å². The maximum absolute atomic E-state index is 13.0. The minimum Gasteiger partial charge on any atom is -0.454 e. The zero-order valence-corrected chi connectivity index (χ0v) is 17.3. The summed E-state index contributed by atoms with van der Waals surface area (Å²) in [4.78, 5) is 13.0. The molecule has 2 heterocycles. The minimum atomic E-state index is -3.62. The molecule has 0 radical (unpaired) electrons. The average Bonchev–Trinajstić information content (AvgIpc) is 3.16. The third-order valence-electron chi connectivity index (χ3n) is 5.46. The van der Waals surface area contributed by atoms with Crippen molar-refractivity contribution in [3.05, 3.63) is 47.5 Å². The molecule has 0 saturated carbocycles. The van der Waals surface area contributed by atoms with Crippen molar-refractivity contribution in [1.29, 1.82) is 0 Å². The van der Waals surface area contributed by atoms with Crippen LogP contribution in [0.5, 0.6) is 11.5 Å². The van der Waals surface area contributed by atoms with E-state index in [2.05, 4.69) is 12.2 Å². The fourth-order valence-electron chi connectivity index (χ4n) is 3.55. The summed E-state index contributed by atoms with van der Waals surface area (Å²) >= 11 is 0. The third-order valence-corrected chi connectivity index (χ3v) is 7.36. The number of piperidine rings is 1. The summed E-state index contributed by atoms with van der Waals surface area (Å²) in [7, 11) is -3.62. The fraction of sp³-hybridized carbons (Fsp3) is 0.381. The van der Waals surface area contributed by atoms with Gasteiger partial charge < -0.3 is 14.8 Å². The number of nitrogens with one attached hydrogen (secondary N) is 1. The molecule has 2 aromatic carbocycles. The number of nitrogens with zero attached hydrogens (tertiary/aromatic N) is 1. The summed E-state index contributed by atoms with van der Waals surface area (Å²) in [6.07, 6.45) is 1.70. The fourth-order valence-corrected chi connectivity index (χ4v) is 5.05. The van der Waals surface area contributed by atoms with E-state index in [4.69, 9.17) is 9.47 Å². The average molecular weight is 416 g/mol. The van der Waals surface area contributed by atoms with Crippen LogP contribution in [-0.2, 0) is 10.0 Å². The van der Waals surface area contributed by atoms with Gasteiger partial charge in [0.25, 0.3) is 5.91 Å². The monoisotopic (exact) mass is 416 g/mol. The number of amides is 1. The molecule has 8 heteroatoms. The Kier molecular flexibility index (Phi) is 5.23. The highest BCUT2D eigenvalue weighted by molar-refractivity contribution is 7.89. The second-order valence-electron chi connectivity index (χ2n) is 7.59. The highest BCUT2D eigenvalue weighted by Gasteiger charge is 2.29. The zero-order valence-electron chi connectivity index (χ0n) is 16.5. The zero-order chi connectivity index (χ0) is 20.6. The Labute approximate surface area is 170 Å². The number of fused-ring (bicyclic) bond motifs is 1. The van der Waals surface area contributed by atoms with Crippen molar-refractivity contribution in [2.24, 2.45) is 5.92 Å². The first kappa shape index (κ1) is 19.7. The largest absolute Gasteiger partial charge is 0.454 e. The van der Waals surface area contributed by atoms with Crippen molar-refractivity contribution >= 4 is 21.6 Å². The molecule has 7 nitrogen and oxygen atoms in total. The number of carbonyl (C=O) groups is 1. The summed E-state index contributed by atoms with van der Waals surface area (Å²) < 4.78 is 38.2. The number of sulfonamides is 1. The molecule has 1 amide bonds. The Hall–Kier alpha value is -2.58. The molecule has 0 aliphatic carbocycles. The van der Waals surface area contributed by atoms with Gasteiger partial charge in [-0.2, -0.15) is 4.31 Å². The molecule has 1 N–H and O–H groups in total. The molecule has 0 aromatic heterocycles. The summed E-state index contributed by atoms with van der Waals surface area (Å²) in [6, 6.07) is 9.84. The van der Waals surface area contributed by atoms with E-state index < -0.39 is 10.0 Å². The molecule has 1 fully saturated rings. The smallest absolute Gasteiger partial charge is 0.255 e. The van der Waals surface area contributed by atoms with E-state index in [1.54, 1.807) is 37.3 Å². The summed E-state index contributed by atoms with van der Waals surface area (Å²) in [5.74, 6) is 1.35. The van der Waals surface area contributed by atoms with E-state index >= 15 is 0 Å². The Morgan fingerprint density at radius 3 is 2.55 bits per heavy atom. The van der Waals surface area contributed by atoms with E-state index in [-0.39, 0.29) is 17.6 Å². The third kappa shape index (κ3) is 3.95. The van der Waals surface area contributed by atoms with Crippen LogP contribution < -0.4 is 14.8 Å². The number of aryl methyl sites for hydroxylation is 1. The standard InChI is InChI=1S/C21H24N2O5S/c1-14-7-9-23(10-8-14)29(25,26)17-5-3-15(2)18(12-17)21(24)22-16-4-6-19-20(11-16)28-13-27-19/h3-6,11-12,14H,7-10,13H2,1-2H3,(H,22,24). The molecule has 1 saturated heterocycles. The SMILES string of the molecule is Cc1ccc(S(=O)(=O)N2CCC(C)CC2)cc1C(=O)Nc1ccc2c(c1)OCO2. The number of ether oxygens (including phenoxy) is 2. The number of hydrogen-bond acceptors (Lipinski definition) is 5. The van der Waals surface area contributed by atoms with Gasteiger partial charge in [0.2, 0.25) is 16.8 Å². The van der Waals surface area contributed by atoms with E-state index in [0.29, 0.717) is 47.3 Å². The van der Waals surface area contributed by atoms with Gasteiger partial charge in [-0.05, 0) is 55.5 Å². The molecular weight excluding hydrogens is 392 g/mol. The van der Waals surface area contributed by atoms with Crippen LogP contribution in [0, 0.1) is 12.8 Å². The summed E-state index contributed by atoms with van der Waals surface area (Å²) in [5, 5.41) is 2.81. The first-order chi connectivity index (χ1) is 13.8. The van der Waals surface area contributed by atoms with Gasteiger partial charge in [-0.15, -0.1) is 0 Å². The van der Waals surface area contributed by atoms with Crippen molar-refractivity contribution in [3.63, 3.8) is 0 Å². The first-order valence-corrected chi connectivity index (χ1v) is 11.1. The second-order valence-corrected chi connectivity index (χ2v) is 9.52. The van der Waals surface area contributed by atoms with Crippen LogP contribution >= 0.6 is 0 Å². The lowest BCUT2D eigenvalue weighted by Gasteiger charge is -2.29. The van der Waals surface area contributed by atoms with Gasteiger partial charge in [0.1, 0.15) is 0 Å². The molecule has 2 aromatic rings. The Balaban J connectivity index is 1.57. The summed E-state index contributed by atoms with van der Waals surface area (Å²) in [6.45, 7) is 5.09. The Bertz CT molecular complexity index is 1040. The van der Waals surface area contributed by atoms with E-state index in [9.17, 15) is 13.2 Å². The van der Waals surface area contributed by atoms with Crippen molar-refractivity contribution in [1.82, 2.24) is 4.31 Å². The molecule has 154 valence electrons. The molecule has 2 aliphatic heterocycles. The molecule has 0 unspecified atom stereocenters. The summed E-state index contributed by atoms with van der Waals surface area (Å²) in [5.41, 5.74) is 1.58. The van der Waals surface area contributed by atoms with Crippen LogP contribution in [0.1, 0.15) is 35.7 Å². The van der Waals surface area contributed by atoms with Crippen LogP contribution in [0.25, 0.3) is 0 Å². The maximum atomic E-state index is 13.0. The Morgan fingerprint density at radius 2 is 1.79 bits per heavy atom. The maximum Gasteiger partial charge on any atom is 0.255 e. The van der Waals surface area contributed by atoms with Crippen LogP contribution in [0.4, 0.5) is 5.69 Å². The second kappa shape index (κ2) is 7.68. The molecule has 2 aliphatic rings. The number of rotatable bonds is 4. The van der Waals surface area contributed by atoms with Gasteiger partial charge in [-0.25, -0.2) is 8.42 Å². The quantitative estimate of drug-likeness (QED) is 0.826. The van der Waals surface area contributed by atoms with Gasteiger partial charge >= 0.3 is 0 Å². The normalized spacial score (nSPS) is 17.3. The lowest BCUT2D eigenvalue weighted by molar-refractivity contribution is 0.102. The van der Waals surface area contributed by atoms with Crippen molar-refractivity contribution < 1.29 is 22.7 Å². The highest BCUT2D eigenvalue weighted by Crippen LogP contribution is 2.34. The van der Waals surface area contributed by atoms with Crippen LogP contribution in [-0.4, -0.2) is 38.5 Å². The molecular formula is C21H24N2O5S. The molecule has 0 bridgehead atoms. The minimum absolute atomic E-state index is 0.147. The van der Waals surface area contributed by atoms with E-state index in [0.717, 1.165) is 12.8 Å². The number of anilines is 1. The predicted octanol–water partition coefficient (Wildman–Crippen LogP) is 3.40. The van der Waals surface area contributed by atoms with Crippen molar-refractivity contribution in [2.45, 2.75) is 31.6 Å². The lowest BCUT2D eigenvalue weighted by atomic mass is 10.0. The van der Waals surface area contributed by atoms with Crippen LogP contribution in [0.15, 0.2) is 41.3 Å². The topological polar surface area (TPSA) is 84.9 Å². The van der Waals surface area contributed by atoms with Gasteiger partial charge in [-0.3, -0.25) is 4.79 Å². The predicted molar refractivity (Wildman–Crippen MR) is 109 cm³/mol. The van der Waals surface area contributed by atoms with Crippen molar-refractivity contribution in [2.75, 3.05) is 25.2 Å². The molecule has 0 spiro atoms. The highest BCUT2D eigenvalue weighted by atomic mass is 32.2. The van der Waals surface area contributed by atoms with Crippen LogP contribution in [0.3, 0.4) is 0 Å². The first-order valence-electron chi connectivity index (χ1n) is 9.66. The van der Waals surface area contributed by atoms with Gasteiger partial charge in [-0.1, -0.05) is 13.0 Å². The molecule has 0 atom stereocenters. The lowest BCUT2D eigenvalue weighted by Crippen LogP contribution is -2.38. The van der Waals surface area contributed by atoms with Crippen LogP contribution in [0.2, 0.25) is 0 Å².